The standard InChI is InChI=1S/C15H26N4O/c1-5-13-12(9-17-19(13)15(2,3)4)14(20)18-8-6-7-11(16)10-18/h9,11H,5-8,10,16H2,1-4H3. The van der Waals surface area contributed by atoms with Crippen molar-refractivity contribution in [1.82, 2.24) is 14.7 Å². The van der Waals surface area contributed by atoms with Crippen LogP contribution in [-0.2, 0) is 12.0 Å². The lowest BCUT2D eigenvalue weighted by molar-refractivity contribution is 0.0707. The average molecular weight is 278 g/mol. The van der Waals surface area contributed by atoms with E-state index in [0.29, 0.717) is 6.54 Å². The molecule has 0 aliphatic carbocycles. The van der Waals surface area contributed by atoms with Crippen molar-refractivity contribution in [3.05, 3.63) is 17.5 Å². The maximum absolute atomic E-state index is 12.7. The van der Waals surface area contributed by atoms with E-state index in [4.69, 9.17) is 5.73 Å². The number of likely N-dealkylation sites (tertiary alicyclic amines) is 1. The first-order valence-electron chi connectivity index (χ1n) is 7.46. The van der Waals surface area contributed by atoms with E-state index in [2.05, 4.69) is 32.8 Å². The normalized spacial score (nSPS) is 20.2. The number of carbonyl (C=O) groups is 1. The van der Waals surface area contributed by atoms with Crippen LogP contribution in [0.1, 0.15) is 56.6 Å². The van der Waals surface area contributed by atoms with E-state index in [9.17, 15) is 4.79 Å². The Morgan fingerprint density at radius 3 is 2.75 bits per heavy atom. The average Bonchev–Trinajstić information content (AvgIpc) is 2.81. The van der Waals surface area contributed by atoms with Crippen LogP contribution in [0.5, 0.6) is 0 Å². The fourth-order valence-electron chi connectivity index (χ4n) is 2.84. The second kappa shape index (κ2) is 5.56. The van der Waals surface area contributed by atoms with E-state index in [-0.39, 0.29) is 17.5 Å². The zero-order valence-electron chi connectivity index (χ0n) is 13.0. The van der Waals surface area contributed by atoms with Gasteiger partial charge in [0.15, 0.2) is 0 Å². The first-order chi connectivity index (χ1) is 9.34. The maximum atomic E-state index is 12.7. The summed E-state index contributed by atoms with van der Waals surface area (Å²) in [5.41, 5.74) is 7.61. The van der Waals surface area contributed by atoms with E-state index >= 15 is 0 Å². The predicted molar refractivity (Wildman–Crippen MR) is 79.7 cm³/mol. The number of piperidine rings is 1. The molecule has 1 atom stereocenters. The van der Waals surface area contributed by atoms with Gasteiger partial charge in [-0.3, -0.25) is 9.48 Å². The third-order valence-electron chi connectivity index (χ3n) is 3.81. The van der Waals surface area contributed by atoms with Crippen molar-refractivity contribution in [3.8, 4) is 0 Å². The van der Waals surface area contributed by atoms with E-state index in [0.717, 1.165) is 37.1 Å². The molecule has 5 nitrogen and oxygen atoms in total. The zero-order valence-corrected chi connectivity index (χ0v) is 13.0. The van der Waals surface area contributed by atoms with E-state index in [1.807, 2.05) is 9.58 Å². The molecule has 0 radical (unpaired) electrons. The molecule has 5 heteroatoms. The first-order valence-corrected chi connectivity index (χ1v) is 7.46. The summed E-state index contributed by atoms with van der Waals surface area (Å²) in [5.74, 6) is 0.0764. The van der Waals surface area contributed by atoms with Crippen molar-refractivity contribution < 1.29 is 4.79 Å². The molecule has 2 N–H and O–H groups in total. The highest BCUT2D eigenvalue weighted by Gasteiger charge is 2.28. The molecular weight excluding hydrogens is 252 g/mol. The Balaban J connectivity index is 2.28. The van der Waals surface area contributed by atoms with Crippen LogP contribution in [0, 0.1) is 0 Å². The van der Waals surface area contributed by atoms with Crippen LogP contribution in [0.25, 0.3) is 0 Å². The van der Waals surface area contributed by atoms with Crippen LogP contribution in [0.2, 0.25) is 0 Å². The molecule has 1 aliphatic rings. The molecule has 0 bridgehead atoms. The molecule has 1 aromatic rings. The molecule has 1 fully saturated rings. The molecule has 0 saturated carbocycles. The maximum Gasteiger partial charge on any atom is 0.257 e. The molecule has 2 heterocycles. The molecule has 1 aromatic heterocycles. The van der Waals surface area contributed by atoms with Crippen molar-refractivity contribution in [2.75, 3.05) is 13.1 Å². The van der Waals surface area contributed by atoms with Crippen molar-refractivity contribution in [2.24, 2.45) is 5.73 Å². The van der Waals surface area contributed by atoms with Gasteiger partial charge in [0.1, 0.15) is 0 Å². The third kappa shape index (κ3) is 2.87. The Hall–Kier alpha value is -1.36. The SMILES string of the molecule is CCc1c(C(=O)N2CCCC(N)C2)cnn1C(C)(C)C. The minimum atomic E-state index is -0.109. The van der Waals surface area contributed by atoms with Crippen molar-refractivity contribution in [2.45, 2.75) is 58.5 Å². The number of hydrogen-bond donors (Lipinski definition) is 1. The predicted octanol–water partition coefficient (Wildman–Crippen LogP) is 1.76. The van der Waals surface area contributed by atoms with Crippen LogP contribution in [0.15, 0.2) is 6.20 Å². The van der Waals surface area contributed by atoms with E-state index in [1.165, 1.54) is 0 Å². The third-order valence-corrected chi connectivity index (χ3v) is 3.81. The number of aromatic nitrogens is 2. The smallest absolute Gasteiger partial charge is 0.257 e. The summed E-state index contributed by atoms with van der Waals surface area (Å²) < 4.78 is 1.96. The van der Waals surface area contributed by atoms with Gasteiger partial charge in [-0.25, -0.2) is 0 Å². The van der Waals surface area contributed by atoms with E-state index in [1.54, 1.807) is 6.20 Å². The summed E-state index contributed by atoms with van der Waals surface area (Å²) in [7, 11) is 0. The molecular formula is C15H26N4O. The molecule has 1 aliphatic heterocycles. The number of nitrogens with zero attached hydrogens (tertiary/aromatic N) is 3. The summed E-state index contributed by atoms with van der Waals surface area (Å²) in [6.45, 7) is 9.83. The highest BCUT2D eigenvalue weighted by molar-refractivity contribution is 5.95. The molecule has 1 unspecified atom stereocenters. The van der Waals surface area contributed by atoms with Crippen LogP contribution < -0.4 is 5.73 Å². The molecule has 1 amide bonds. The highest BCUT2D eigenvalue weighted by Crippen LogP contribution is 2.22. The molecule has 1 saturated heterocycles. The number of amides is 1. The second-order valence-corrected chi connectivity index (χ2v) is 6.59. The summed E-state index contributed by atoms with van der Waals surface area (Å²) in [4.78, 5) is 14.6. The van der Waals surface area contributed by atoms with Gasteiger partial charge in [-0.15, -0.1) is 0 Å². The number of rotatable bonds is 2. The topological polar surface area (TPSA) is 64.2 Å². The summed E-state index contributed by atoms with van der Waals surface area (Å²) in [6, 6.07) is 0.107. The van der Waals surface area contributed by atoms with Crippen molar-refractivity contribution in [1.29, 1.82) is 0 Å². The highest BCUT2D eigenvalue weighted by atomic mass is 16.2. The summed E-state index contributed by atoms with van der Waals surface area (Å²) >= 11 is 0. The molecule has 0 aromatic carbocycles. The van der Waals surface area contributed by atoms with Crippen LogP contribution in [-0.4, -0.2) is 39.7 Å². The number of carbonyl (C=O) groups excluding carboxylic acids is 1. The molecule has 2 rings (SSSR count). The molecule has 20 heavy (non-hydrogen) atoms. The lowest BCUT2D eigenvalue weighted by Gasteiger charge is -2.31. The number of hydrogen-bond acceptors (Lipinski definition) is 3. The van der Waals surface area contributed by atoms with Gasteiger partial charge in [0.25, 0.3) is 5.91 Å². The Labute approximate surface area is 121 Å². The fourth-order valence-corrected chi connectivity index (χ4v) is 2.84. The molecule has 0 spiro atoms. The van der Waals surface area contributed by atoms with Gasteiger partial charge in [-0.1, -0.05) is 6.92 Å². The zero-order chi connectivity index (χ0) is 14.9. The fraction of sp³-hybridized carbons (Fsp3) is 0.733. The van der Waals surface area contributed by atoms with Crippen LogP contribution >= 0.6 is 0 Å². The Morgan fingerprint density at radius 2 is 2.20 bits per heavy atom. The lowest BCUT2D eigenvalue weighted by atomic mass is 10.0. The summed E-state index contributed by atoms with van der Waals surface area (Å²) in [5, 5.41) is 4.43. The van der Waals surface area contributed by atoms with Gasteiger partial charge >= 0.3 is 0 Å². The van der Waals surface area contributed by atoms with E-state index < -0.39 is 0 Å². The minimum absolute atomic E-state index is 0.0764. The van der Waals surface area contributed by atoms with Gasteiger partial charge in [0.2, 0.25) is 0 Å². The number of nitrogens with two attached hydrogens (primary N) is 1. The largest absolute Gasteiger partial charge is 0.337 e. The minimum Gasteiger partial charge on any atom is -0.337 e. The van der Waals surface area contributed by atoms with Gasteiger partial charge in [0, 0.05) is 19.1 Å². The lowest BCUT2D eigenvalue weighted by Crippen LogP contribution is -2.45. The Kier molecular flexibility index (Phi) is 4.18. The van der Waals surface area contributed by atoms with Crippen LogP contribution in [0.3, 0.4) is 0 Å². The van der Waals surface area contributed by atoms with Gasteiger partial charge in [0.05, 0.1) is 23.0 Å². The second-order valence-electron chi connectivity index (χ2n) is 6.59. The Bertz CT molecular complexity index is 487. The van der Waals surface area contributed by atoms with Crippen molar-refractivity contribution >= 4 is 5.91 Å². The van der Waals surface area contributed by atoms with Crippen molar-refractivity contribution in [3.63, 3.8) is 0 Å². The summed E-state index contributed by atoms with van der Waals surface area (Å²) in [6.07, 6.45) is 4.51. The Morgan fingerprint density at radius 1 is 1.50 bits per heavy atom. The monoisotopic (exact) mass is 278 g/mol. The quantitative estimate of drug-likeness (QED) is 0.896. The van der Waals surface area contributed by atoms with Gasteiger partial charge in [-0.2, -0.15) is 5.10 Å². The molecule has 112 valence electrons. The van der Waals surface area contributed by atoms with Gasteiger partial charge in [-0.05, 0) is 40.0 Å². The van der Waals surface area contributed by atoms with Gasteiger partial charge < -0.3 is 10.6 Å². The van der Waals surface area contributed by atoms with Crippen LogP contribution in [0.4, 0.5) is 0 Å². The first kappa shape index (κ1) is 15.0.